The molecule has 0 aliphatic carbocycles. The summed E-state index contributed by atoms with van der Waals surface area (Å²) in [6.45, 7) is 4.50. The van der Waals surface area contributed by atoms with E-state index < -0.39 is 0 Å². The number of hydrogen-bond donors (Lipinski definition) is 1. The average molecular weight is 221 g/mol. The van der Waals surface area contributed by atoms with Gasteiger partial charge in [0.2, 0.25) is 0 Å². The van der Waals surface area contributed by atoms with Gasteiger partial charge in [0, 0.05) is 5.69 Å². The van der Waals surface area contributed by atoms with Gasteiger partial charge in [-0.2, -0.15) is 0 Å². The molecule has 0 heterocycles. The maximum atomic E-state index is 11.4. The molecule has 0 bridgehead atoms. The number of rotatable bonds is 5. The second kappa shape index (κ2) is 6.16. The maximum absolute atomic E-state index is 11.4. The third-order valence-corrected chi connectivity index (χ3v) is 2.45. The second-order valence-corrected chi connectivity index (χ2v) is 3.99. The van der Waals surface area contributed by atoms with Gasteiger partial charge in [-0.3, -0.25) is 4.79 Å². The first-order valence-electron chi connectivity index (χ1n) is 5.64. The van der Waals surface area contributed by atoms with Crippen LogP contribution in [0.25, 0.3) is 0 Å². The van der Waals surface area contributed by atoms with Gasteiger partial charge in [0.05, 0.1) is 13.0 Å². The van der Waals surface area contributed by atoms with Crippen molar-refractivity contribution in [2.24, 2.45) is 0 Å². The third-order valence-electron chi connectivity index (χ3n) is 2.45. The highest BCUT2D eigenvalue weighted by molar-refractivity contribution is 5.70. The van der Waals surface area contributed by atoms with E-state index in [1.54, 1.807) is 0 Å². The predicted molar refractivity (Wildman–Crippen MR) is 65.1 cm³/mol. The minimum Gasteiger partial charge on any atom is -0.466 e. The summed E-state index contributed by atoms with van der Waals surface area (Å²) in [5.74, 6) is 0.0381. The van der Waals surface area contributed by atoms with Crippen molar-refractivity contribution in [3.63, 3.8) is 0 Å². The zero-order chi connectivity index (χ0) is 12.0. The van der Waals surface area contributed by atoms with E-state index in [4.69, 9.17) is 10.5 Å². The molecule has 2 N–H and O–H groups in total. The van der Waals surface area contributed by atoms with Crippen molar-refractivity contribution in [1.82, 2.24) is 0 Å². The molecule has 88 valence electrons. The lowest BCUT2D eigenvalue weighted by molar-refractivity contribution is -0.144. The second-order valence-electron chi connectivity index (χ2n) is 3.99. The van der Waals surface area contributed by atoms with Crippen LogP contribution >= 0.6 is 0 Å². The van der Waals surface area contributed by atoms with Gasteiger partial charge >= 0.3 is 5.97 Å². The first-order chi connectivity index (χ1) is 7.63. The normalized spacial score (nSPS) is 12.1. The van der Waals surface area contributed by atoms with E-state index in [0.29, 0.717) is 13.0 Å². The molecule has 1 rings (SSSR count). The van der Waals surface area contributed by atoms with Crippen LogP contribution in [0.4, 0.5) is 5.69 Å². The summed E-state index contributed by atoms with van der Waals surface area (Å²) in [5.41, 5.74) is 7.46. The highest BCUT2D eigenvalue weighted by Gasteiger charge is 2.11. The van der Waals surface area contributed by atoms with E-state index in [0.717, 1.165) is 17.7 Å². The van der Waals surface area contributed by atoms with E-state index >= 15 is 0 Å². The number of nitrogen functional groups attached to an aromatic ring is 1. The van der Waals surface area contributed by atoms with Crippen molar-refractivity contribution >= 4 is 11.7 Å². The Morgan fingerprint density at radius 2 is 2.00 bits per heavy atom. The molecule has 0 amide bonds. The molecule has 0 spiro atoms. The smallest absolute Gasteiger partial charge is 0.306 e. The lowest BCUT2D eigenvalue weighted by Gasteiger charge is -2.11. The van der Waals surface area contributed by atoms with E-state index in [1.807, 2.05) is 38.1 Å². The lowest BCUT2D eigenvalue weighted by atomic mass is 9.98. The van der Waals surface area contributed by atoms with E-state index in [2.05, 4.69) is 0 Å². The average Bonchev–Trinajstić information content (AvgIpc) is 2.27. The van der Waals surface area contributed by atoms with Crippen molar-refractivity contribution in [1.29, 1.82) is 0 Å². The van der Waals surface area contributed by atoms with Gasteiger partial charge in [-0.15, -0.1) is 0 Å². The van der Waals surface area contributed by atoms with Gasteiger partial charge in [0.1, 0.15) is 0 Å². The first-order valence-corrected chi connectivity index (χ1v) is 5.64. The SMILES string of the molecule is CCCOC(=O)CC(C)c1ccc(N)cc1. The zero-order valence-corrected chi connectivity index (χ0v) is 9.90. The number of anilines is 1. The van der Waals surface area contributed by atoms with Gasteiger partial charge in [-0.1, -0.05) is 26.0 Å². The Labute approximate surface area is 96.6 Å². The van der Waals surface area contributed by atoms with Crippen LogP contribution in [0.2, 0.25) is 0 Å². The van der Waals surface area contributed by atoms with Crippen molar-refractivity contribution in [3.05, 3.63) is 29.8 Å². The summed E-state index contributed by atoms with van der Waals surface area (Å²) < 4.78 is 5.04. The highest BCUT2D eigenvalue weighted by atomic mass is 16.5. The molecule has 16 heavy (non-hydrogen) atoms. The molecule has 0 saturated carbocycles. The fourth-order valence-electron chi connectivity index (χ4n) is 1.47. The number of hydrogen-bond acceptors (Lipinski definition) is 3. The van der Waals surface area contributed by atoms with Gasteiger partial charge < -0.3 is 10.5 Å². The lowest BCUT2D eigenvalue weighted by Crippen LogP contribution is -2.09. The molecule has 1 aromatic rings. The highest BCUT2D eigenvalue weighted by Crippen LogP contribution is 2.20. The summed E-state index contributed by atoms with van der Waals surface area (Å²) >= 11 is 0. The van der Waals surface area contributed by atoms with Crippen molar-refractivity contribution in [2.75, 3.05) is 12.3 Å². The summed E-state index contributed by atoms with van der Waals surface area (Å²) in [5, 5.41) is 0. The molecule has 1 unspecified atom stereocenters. The standard InChI is InChI=1S/C13H19NO2/c1-3-8-16-13(15)9-10(2)11-4-6-12(14)7-5-11/h4-7,10H,3,8-9,14H2,1-2H3. The number of benzene rings is 1. The number of ether oxygens (including phenoxy) is 1. The molecule has 0 fully saturated rings. The van der Waals surface area contributed by atoms with Crippen molar-refractivity contribution in [3.8, 4) is 0 Å². The largest absolute Gasteiger partial charge is 0.466 e. The molecule has 3 heteroatoms. The number of carbonyl (C=O) groups excluding carboxylic acids is 1. The topological polar surface area (TPSA) is 52.3 Å². The van der Waals surface area contributed by atoms with E-state index in [-0.39, 0.29) is 11.9 Å². The summed E-state index contributed by atoms with van der Waals surface area (Å²) in [6, 6.07) is 7.60. The Bertz CT molecular complexity index is 332. The zero-order valence-electron chi connectivity index (χ0n) is 9.90. The van der Waals surface area contributed by atoms with Crippen LogP contribution in [0.3, 0.4) is 0 Å². The molecule has 0 radical (unpaired) electrons. The monoisotopic (exact) mass is 221 g/mol. The molecule has 1 atom stereocenters. The molecule has 1 aromatic carbocycles. The van der Waals surface area contributed by atoms with Crippen LogP contribution in [-0.2, 0) is 9.53 Å². The maximum Gasteiger partial charge on any atom is 0.306 e. The summed E-state index contributed by atoms with van der Waals surface area (Å²) in [6.07, 6.45) is 1.28. The fourth-order valence-corrected chi connectivity index (χ4v) is 1.47. The Morgan fingerprint density at radius 3 is 2.56 bits per heavy atom. The van der Waals surface area contributed by atoms with Crippen LogP contribution in [0, 0.1) is 0 Å². The third kappa shape index (κ3) is 3.93. The van der Waals surface area contributed by atoms with Gasteiger partial charge in [-0.05, 0) is 30.0 Å². The minimum absolute atomic E-state index is 0.133. The van der Waals surface area contributed by atoms with Crippen LogP contribution in [0.15, 0.2) is 24.3 Å². The van der Waals surface area contributed by atoms with Gasteiger partial charge in [0.25, 0.3) is 0 Å². The fraction of sp³-hybridized carbons (Fsp3) is 0.462. The molecule has 0 aromatic heterocycles. The van der Waals surface area contributed by atoms with Crippen molar-refractivity contribution in [2.45, 2.75) is 32.6 Å². The molecule has 0 aliphatic rings. The number of nitrogens with two attached hydrogens (primary N) is 1. The number of carbonyl (C=O) groups is 1. The van der Waals surface area contributed by atoms with Crippen LogP contribution < -0.4 is 5.73 Å². The van der Waals surface area contributed by atoms with Gasteiger partial charge in [-0.25, -0.2) is 0 Å². The van der Waals surface area contributed by atoms with Crippen LogP contribution in [0.1, 0.15) is 38.2 Å². The first kappa shape index (κ1) is 12.6. The minimum atomic E-state index is -0.133. The number of esters is 1. The summed E-state index contributed by atoms with van der Waals surface area (Å²) in [7, 11) is 0. The predicted octanol–water partition coefficient (Wildman–Crippen LogP) is 2.72. The van der Waals surface area contributed by atoms with Crippen LogP contribution in [-0.4, -0.2) is 12.6 Å². The molecule has 3 nitrogen and oxygen atoms in total. The summed E-state index contributed by atoms with van der Waals surface area (Å²) in [4.78, 5) is 11.4. The Hall–Kier alpha value is -1.51. The molecular weight excluding hydrogens is 202 g/mol. The van der Waals surface area contributed by atoms with Crippen molar-refractivity contribution < 1.29 is 9.53 Å². The van der Waals surface area contributed by atoms with Crippen LogP contribution in [0.5, 0.6) is 0 Å². The quantitative estimate of drug-likeness (QED) is 0.614. The molecule has 0 aliphatic heterocycles. The van der Waals surface area contributed by atoms with E-state index in [1.165, 1.54) is 0 Å². The Balaban J connectivity index is 2.48. The van der Waals surface area contributed by atoms with Gasteiger partial charge in [0.15, 0.2) is 0 Å². The molecular formula is C13H19NO2. The molecule has 0 saturated heterocycles. The Kier molecular flexibility index (Phi) is 4.83. The van der Waals surface area contributed by atoms with E-state index in [9.17, 15) is 4.79 Å². The Morgan fingerprint density at radius 1 is 1.38 bits per heavy atom.